The molecule has 5 N–H and O–H groups in total. The molecule has 2 unspecified atom stereocenters. The normalized spacial score (nSPS) is 47.7. The number of carbonyl (C=O) groups is 2. The van der Waals surface area contributed by atoms with Crippen molar-refractivity contribution in [3.8, 4) is 0 Å². The molecule has 0 aromatic heterocycles. The van der Waals surface area contributed by atoms with Crippen molar-refractivity contribution in [1.29, 1.82) is 0 Å². The van der Waals surface area contributed by atoms with Gasteiger partial charge in [0.05, 0.1) is 18.3 Å². The number of carbonyl (C=O) groups excluding carboxylic acids is 1. The maximum atomic E-state index is 12.0. The molecule has 0 saturated heterocycles. The molecule has 4 saturated carbocycles. The quantitative estimate of drug-likeness (QED) is 0.410. The van der Waals surface area contributed by atoms with Gasteiger partial charge in [-0.1, -0.05) is 20.8 Å². The Morgan fingerprint density at radius 3 is 2.45 bits per heavy atom. The third-order valence-electron chi connectivity index (χ3n) is 10.8. The van der Waals surface area contributed by atoms with Crippen LogP contribution in [0, 0.1) is 46.3 Å². The van der Waals surface area contributed by atoms with E-state index in [1.54, 1.807) is 0 Å². The van der Waals surface area contributed by atoms with Crippen LogP contribution in [0.3, 0.4) is 0 Å². The van der Waals surface area contributed by atoms with E-state index in [0.29, 0.717) is 25.2 Å². The summed E-state index contributed by atoms with van der Waals surface area (Å²) >= 11 is 0. The van der Waals surface area contributed by atoms with Crippen molar-refractivity contribution < 1.29 is 30.0 Å². The number of aliphatic hydroxyl groups excluding tert-OH is 3. The second-order valence-electron chi connectivity index (χ2n) is 12.2. The van der Waals surface area contributed by atoms with E-state index in [9.17, 15) is 24.9 Å². The van der Waals surface area contributed by atoms with Gasteiger partial charge in [0, 0.05) is 6.42 Å². The lowest BCUT2D eigenvalue weighted by atomic mass is 9.43. The van der Waals surface area contributed by atoms with Crippen LogP contribution in [-0.4, -0.2) is 57.2 Å². The third-order valence-corrected chi connectivity index (χ3v) is 10.8. The molecule has 7 nitrogen and oxygen atoms in total. The van der Waals surface area contributed by atoms with E-state index >= 15 is 0 Å². The number of aliphatic carboxylic acids is 1. The molecule has 4 aliphatic carbocycles. The predicted molar refractivity (Wildman–Crippen MR) is 123 cm³/mol. The smallest absolute Gasteiger partial charge is 0.322 e. The number of nitrogens with one attached hydrogen (secondary N) is 1. The topological polar surface area (TPSA) is 127 Å². The maximum Gasteiger partial charge on any atom is 0.322 e. The zero-order valence-electron chi connectivity index (χ0n) is 20.4. The summed E-state index contributed by atoms with van der Waals surface area (Å²) in [6.07, 6.45) is 5.86. The van der Waals surface area contributed by atoms with Gasteiger partial charge in [-0.3, -0.25) is 9.59 Å². The molecule has 0 aromatic rings. The molecule has 4 rings (SSSR count). The summed E-state index contributed by atoms with van der Waals surface area (Å²) in [5.41, 5.74) is -0.214. The standard InChI is InChI=1S/C26H43NO6/c1-14(4-7-22(31)27-13-23(32)33)17-5-6-18-24-19(12-21(30)26(17,18)3)25(2)9-8-16(28)10-15(25)11-20(24)29/h14-21,24,28-30H,4-13H2,1-3H3,(H,27,31)(H,32,33)/t14-,15?,16-,17-,18+,19+,20-,21+,24?,25+,26-/m1/s1. The predicted octanol–water partition coefficient (Wildman–Crippen LogP) is 2.56. The Kier molecular flexibility index (Phi) is 6.89. The van der Waals surface area contributed by atoms with Gasteiger partial charge < -0.3 is 25.7 Å². The Hall–Kier alpha value is -1.18. The fraction of sp³-hybridized carbons (Fsp3) is 0.923. The molecule has 4 aliphatic rings. The number of amides is 1. The van der Waals surface area contributed by atoms with Crippen molar-refractivity contribution in [3.05, 3.63) is 0 Å². The number of hydrogen-bond acceptors (Lipinski definition) is 5. The number of carboxylic acid groups (broad SMARTS) is 1. The van der Waals surface area contributed by atoms with Crippen LogP contribution in [0.15, 0.2) is 0 Å². The molecular weight excluding hydrogens is 422 g/mol. The average Bonchev–Trinajstić information content (AvgIpc) is 3.11. The second kappa shape index (κ2) is 9.12. The zero-order chi connectivity index (χ0) is 24.1. The van der Waals surface area contributed by atoms with Crippen molar-refractivity contribution >= 4 is 11.9 Å². The molecular formula is C26H43NO6. The zero-order valence-corrected chi connectivity index (χ0v) is 20.4. The van der Waals surface area contributed by atoms with Gasteiger partial charge in [-0.05, 0) is 97.7 Å². The van der Waals surface area contributed by atoms with Crippen molar-refractivity contribution in [3.63, 3.8) is 0 Å². The number of aliphatic hydroxyl groups is 3. The van der Waals surface area contributed by atoms with E-state index < -0.39 is 12.1 Å². The first kappa shape index (κ1) is 24.9. The Bertz CT molecular complexity index is 759. The lowest BCUT2D eigenvalue weighted by Crippen LogP contribution is -2.62. The summed E-state index contributed by atoms with van der Waals surface area (Å²) in [6, 6.07) is 0. The monoisotopic (exact) mass is 465 g/mol. The van der Waals surface area contributed by atoms with Gasteiger partial charge >= 0.3 is 5.97 Å². The molecule has 188 valence electrons. The van der Waals surface area contributed by atoms with Crippen LogP contribution in [-0.2, 0) is 9.59 Å². The van der Waals surface area contributed by atoms with Crippen molar-refractivity contribution in [2.75, 3.05) is 6.54 Å². The maximum absolute atomic E-state index is 12.0. The number of fused-ring (bicyclic) bond motifs is 5. The minimum atomic E-state index is -1.04. The third kappa shape index (κ3) is 4.23. The van der Waals surface area contributed by atoms with E-state index in [0.717, 1.165) is 38.5 Å². The van der Waals surface area contributed by atoms with Crippen LogP contribution in [0.5, 0.6) is 0 Å². The van der Waals surface area contributed by atoms with Crippen molar-refractivity contribution in [2.24, 2.45) is 46.3 Å². The summed E-state index contributed by atoms with van der Waals surface area (Å²) in [5, 5.41) is 44.4. The molecule has 0 aliphatic heterocycles. The summed E-state index contributed by atoms with van der Waals surface area (Å²) in [7, 11) is 0. The molecule has 11 atom stereocenters. The van der Waals surface area contributed by atoms with Gasteiger partial charge in [-0.15, -0.1) is 0 Å². The molecule has 0 spiro atoms. The van der Waals surface area contributed by atoms with Gasteiger partial charge in [0.25, 0.3) is 0 Å². The second-order valence-corrected chi connectivity index (χ2v) is 12.2. The first-order chi connectivity index (χ1) is 15.5. The van der Waals surface area contributed by atoms with Crippen molar-refractivity contribution in [2.45, 2.75) is 96.9 Å². The van der Waals surface area contributed by atoms with Gasteiger partial charge in [0.1, 0.15) is 6.54 Å². The van der Waals surface area contributed by atoms with Gasteiger partial charge in [-0.2, -0.15) is 0 Å². The largest absolute Gasteiger partial charge is 0.480 e. The fourth-order valence-corrected chi connectivity index (χ4v) is 8.95. The Morgan fingerprint density at radius 1 is 1.03 bits per heavy atom. The van der Waals surface area contributed by atoms with Crippen LogP contribution in [0.2, 0.25) is 0 Å². The molecule has 0 radical (unpaired) electrons. The highest BCUT2D eigenvalue weighted by atomic mass is 16.4. The van der Waals surface area contributed by atoms with Gasteiger partial charge in [-0.25, -0.2) is 0 Å². The number of hydrogen-bond donors (Lipinski definition) is 5. The highest BCUT2D eigenvalue weighted by molar-refractivity contribution is 5.81. The summed E-state index contributed by atoms with van der Waals surface area (Å²) in [6.45, 7) is 6.35. The van der Waals surface area contributed by atoms with Crippen LogP contribution in [0.1, 0.15) is 78.6 Å². The average molecular weight is 466 g/mol. The first-order valence-electron chi connectivity index (χ1n) is 13.0. The van der Waals surface area contributed by atoms with Crippen LogP contribution >= 0.6 is 0 Å². The Balaban J connectivity index is 1.49. The summed E-state index contributed by atoms with van der Waals surface area (Å²) < 4.78 is 0. The highest BCUT2D eigenvalue weighted by Crippen LogP contribution is 2.68. The highest BCUT2D eigenvalue weighted by Gasteiger charge is 2.65. The molecule has 33 heavy (non-hydrogen) atoms. The minimum absolute atomic E-state index is 0.0668. The van der Waals surface area contributed by atoms with E-state index in [1.165, 1.54) is 0 Å². The summed E-state index contributed by atoms with van der Waals surface area (Å²) in [4.78, 5) is 22.7. The van der Waals surface area contributed by atoms with Crippen LogP contribution < -0.4 is 5.32 Å². The first-order valence-corrected chi connectivity index (χ1v) is 13.0. The van der Waals surface area contributed by atoms with Gasteiger partial charge in [0.2, 0.25) is 5.91 Å². The molecule has 7 heteroatoms. The molecule has 0 bridgehead atoms. The van der Waals surface area contributed by atoms with Crippen LogP contribution in [0.25, 0.3) is 0 Å². The molecule has 0 aromatic carbocycles. The molecule has 1 amide bonds. The lowest BCUT2D eigenvalue weighted by Gasteiger charge is -2.63. The fourth-order valence-electron chi connectivity index (χ4n) is 8.95. The van der Waals surface area contributed by atoms with Crippen molar-refractivity contribution in [1.82, 2.24) is 5.32 Å². The van der Waals surface area contributed by atoms with E-state index in [2.05, 4.69) is 26.1 Å². The Morgan fingerprint density at radius 2 is 1.76 bits per heavy atom. The molecule has 4 fully saturated rings. The van der Waals surface area contributed by atoms with Crippen LogP contribution in [0.4, 0.5) is 0 Å². The number of rotatable bonds is 6. The summed E-state index contributed by atoms with van der Waals surface area (Å²) in [5.74, 6) is 0.265. The Labute approximate surface area is 197 Å². The van der Waals surface area contributed by atoms with Gasteiger partial charge in [0.15, 0.2) is 0 Å². The van der Waals surface area contributed by atoms with E-state index in [4.69, 9.17) is 5.11 Å². The van der Waals surface area contributed by atoms with E-state index in [-0.39, 0.29) is 65.1 Å². The minimum Gasteiger partial charge on any atom is -0.480 e. The SMILES string of the molecule is C[C@H](CCC(=O)NCC(=O)O)[C@H]1CC[C@H]2C3[C@H](O)CC4C[C@H](O)CC[C@]4(C)[C@H]3C[C@H](O)[C@]12C. The lowest BCUT2D eigenvalue weighted by molar-refractivity contribution is -0.207. The molecule has 0 heterocycles. The van der Waals surface area contributed by atoms with E-state index in [1.807, 2.05) is 0 Å². The number of carboxylic acids is 1.